The molecule has 0 unspecified atom stereocenters. The maximum Gasteiger partial charge on any atom is 0.319 e. The van der Waals surface area contributed by atoms with Crippen molar-refractivity contribution in [3.05, 3.63) is 65.2 Å². The van der Waals surface area contributed by atoms with Crippen molar-refractivity contribution in [3.63, 3.8) is 0 Å². The van der Waals surface area contributed by atoms with E-state index in [2.05, 4.69) is 10.6 Å². The van der Waals surface area contributed by atoms with E-state index in [1.54, 1.807) is 32.1 Å². The summed E-state index contributed by atoms with van der Waals surface area (Å²) in [7, 11) is 0. The van der Waals surface area contributed by atoms with Gasteiger partial charge in [0.2, 0.25) is 0 Å². The SMILES string of the molecule is CC(C)NC(=O)Nc1cc(C(=N)/C=C/c2ccc(F)cc2)c(N)cc1F. The zero-order valence-corrected chi connectivity index (χ0v) is 14.4. The fourth-order valence-corrected chi connectivity index (χ4v) is 2.18. The second kappa shape index (κ2) is 8.24. The first-order valence-electron chi connectivity index (χ1n) is 7.95. The van der Waals surface area contributed by atoms with Gasteiger partial charge in [0.15, 0.2) is 0 Å². The van der Waals surface area contributed by atoms with Crippen LogP contribution in [0.25, 0.3) is 6.08 Å². The van der Waals surface area contributed by atoms with Crippen molar-refractivity contribution in [1.82, 2.24) is 5.32 Å². The van der Waals surface area contributed by atoms with E-state index < -0.39 is 11.8 Å². The lowest BCUT2D eigenvalue weighted by Crippen LogP contribution is -2.34. The number of nitrogens with two attached hydrogens (primary N) is 1. The number of rotatable bonds is 5. The average molecular weight is 358 g/mol. The third-order valence-electron chi connectivity index (χ3n) is 3.41. The van der Waals surface area contributed by atoms with Crippen molar-refractivity contribution in [2.24, 2.45) is 0 Å². The quantitative estimate of drug-likeness (QED) is 0.477. The summed E-state index contributed by atoms with van der Waals surface area (Å²) in [5.74, 6) is -1.05. The molecule has 0 spiro atoms. The third kappa shape index (κ3) is 5.14. The summed E-state index contributed by atoms with van der Waals surface area (Å²) in [5.41, 5.74) is 6.79. The minimum atomic E-state index is -0.694. The Kier molecular flexibility index (Phi) is 6.06. The molecule has 0 aliphatic heterocycles. The first-order valence-corrected chi connectivity index (χ1v) is 7.95. The summed E-state index contributed by atoms with van der Waals surface area (Å²) < 4.78 is 26.9. The topological polar surface area (TPSA) is 91.0 Å². The third-order valence-corrected chi connectivity index (χ3v) is 3.41. The number of urea groups is 1. The Labute approximate surface area is 150 Å². The molecule has 0 bridgehead atoms. The molecule has 2 aromatic carbocycles. The number of allylic oxidation sites excluding steroid dienone is 1. The van der Waals surface area contributed by atoms with Crippen molar-refractivity contribution in [1.29, 1.82) is 5.41 Å². The molecule has 0 atom stereocenters. The van der Waals surface area contributed by atoms with E-state index >= 15 is 0 Å². The van der Waals surface area contributed by atoms with Crippen LogP contribution in [-0.4, -0.2) is 17.8 Å². The number of benzene rings is 2. The Balaban J connectivity index is 2.22. The molecule has 2 aromatic rings. The van der Waals surface area contributed by atoms with Crippen molar-refractivity contribution in [2.75, 3.05) is 11.1 Å². The molecule has 136 valence electrons. The summed E-state index contributed by atoms with van der Waals surface area (Å²) in [5, 5.41) is 13.1. The molecule has 0 radical (unpaired) electrons. The van der Waals surface area contributed by atoms with Crippen molar-refractivity contribution < 1.29 is 13.6 Å². The average Bonchev–Trinajstić information content (AvgIpc) is 2.55. The Hall–Kier alpha value is -3.22. The second-order valence-corrected chi connectivity index (χ2v) is 5.97. The molecular formula is C19H20F2N4O. The fourth-order valence-electron chi connectivity index (χ4n) is 2.18. The zero-order valence-electron chi connectivity index (χ0n) is 14.4. The monoisotopic (exact) mass is 358 g/mol. The molecule has 0 aromatic heterocycles. The summed E-state index contributed by atoms with van der Waals surface area (Å²) in [6.45, 7) is 3.56. The summed E-state index contributed by atoms with van der Waals surface area (Å²) in [6.07, 6.45) is 3.08. The minimum absolute atomic E-state index is 0.0270. The molecule has 0 saturated carbocycles. The molecular weight excluding hydrogens is 338 g/mol. The molecule has 0 saturated heterocycles. The Morgan fingerprint density at radius 1 is 1.19 bits per heavy atom. The van der Waals surface area contributed by atoms with E-state index in [4.69, 9.17) is 11.1 Å². The van der Waals surface area contributed by atoms with Crippen LogP contribution in [0.3, 0.4) is 0 Å². The summed E-state index contributed by atoms with van der Waals surface area (Å²) >= 11 is 0. The van der Waals surface area contributed by atoms with Gasteiger partial charge in [-0.25, -0.2) is 13.6 Å². The van der Waals surface area contributed by atoms with Crippen LogP contribution in [0.5, 0.6) is 0 Å². The lowest BCUT2D eigenvalue weighted by atomic mass is 10.0. The van der Waals surface area contributed by atoms with Crippen LogP contribution in [-0.2, 0) is 0 Å². The van der Waals surface area contributed by atoms with Crippen LogP contribution < -0.4 is 16.4 Å². The summed E-state index contributed by atoms with van der Waals surface area (Å²) in [4.78, 5) is 11.8. The molecule has 7 heteroatoms. The number of halogens is 2. The van der Waals surface area contributed by atoms with Crippen LogP contribution in [0.1, 0.15) is 25.0 Å². The molecule has 0 aliphatic carbocycles. The van der Waals surface area contributed by atoms with E-state index in [0.717, 1.165) is 6.07 Å². The van der Waals surface area contributed by atoms with Crippen LogP contribution >= 0.6 is 0 Å². The number of hydrogen-bond donors (Lipinski definition) is 4. The normalized spacial score (nSPS) is 11.0. The number of nitrogen functional groups attached to an aromatic ring is 1. The van der Waals surface area contributed by atoms with Crippen molar-refractivity contribution in [3.8, 4) is 0 Å². The first kappa shape index (κ1) is 19.1. The largest absolute Gasteiger partial charge is 0.398 e. The molecule has 5 nitrogen and oxygen atoms in total. The standard InChI is InChI=1S/C19H20F2N4O/c1-11(2)24-19(26)25-18-9-14(17(23)10-15(18)21)16(22)8-5-12-3-6-13(20)7-4-12/h3-11,22H,23H2,1-2H3,(H2,24,25,26)/b8-5+,22-16?. The van der Waals surface area contributed by atoms with Crippen molar-refractivity contribution in [2.45, 2.75) is 19.9 Å². The van der Waals surface area contributed by atoms with Gasteiger partial charge in [0.1, 0.15) is 11.6 Å². The van der Waals surface area contributed by atoms with Crippen LogP contribution in [0, 0.1) is 17.0 Å². The van der Waals surface area contributed by atoms with Gasteiger partial charge in [0, 0.05) is 17.3 Å². The number of carbonyl (C=O) groups is 1. The maximum absolute atomic E-state index is 14.0. The number of hydrogen-bond acceptors (Lipinski definition) is 3. The number of amides is 2. The minimum Gasteiger partial charge on any atom is -0.398 e. The van der Waals surface area contributed by atoms with Crippen LogP contribution in [0.15, 0.2) is 42.5 Å². The molecule has 0 fully saturated rings. The van der Waals surface area contributed by atoms with Crippen LogP contribution in [0.2, 0.25) is 0 Å². The van der Waals surface area contributed by atoms with Gasteiger partial charge < -0.3 is 21.8 Å². The van der Waals surface area contributed by atoms with Gasteiger partial charge in [-0.3, -0.25) is 0 Å². The molecule has 0 heterocycles. The van der Waals surface area contributed by atoms with Crippen molar-refractivity contribution >= 4 is 29.2 Å². The molecule has 5 N–H and O–H groups in total. The van der Waals surface area contributed by atoms with E-state index in [1.807, 2.05) is 0 Å². The van der Waals surface area contributed by atoms with Gasteiger partial charge in [-0.2, -0.15) is 0 Å². The number of carbonyl (C=O) groups excluding carboxylic acids is 1. The van der Waals surface area contributed by atoms with Crippen LogP contribution in [0.4, 0.5) is 25.0 Å². The van der Waals surface area contributed by atoms with Gasteiger partial charge in [-0.1, -0.05) is 18.2 Å². The highest BCUT2D eigenvalue weighted by Crippen LogP contribution is 2.23. The fraction of sp³-hybridized carbons (Fsp3) is 0.158. The first-order chi connectivity index (χ1) is 12.3. The van der Waals surface area contributed by atoms with E-state index in [9.17, 15) is 13.6 Å². The molecule has 26 heavy (non-hydrogen) atoms. The highest BCUT2D eigenvalue weighted by Gasteiger charge is 2.13. The van der Waals surface area contributed by atoms with Gasteiger partial charge >= 0.3 is 6.03 Å². The van der Waals surface area contributed by atoms with Gasteiger partial charge in [0.05, 0.1) is 11.4 Å². The highest BCUT2D eigenvalue weighted by molar-refractivity contribution is 6.12. The molecule has 0 aliphatic rings. The molecule has 2 amide bonds. The number of anilines is 2. The van der Waals surface area contributed by atoms with E-state index in [-0.39, 0.29) is 34.5 Å². The highest BCUT2D eigenvalue weighted by atomic mass is 19.1. The Morgan fingerprint density at radius 2 is 1.85 bits per heavy atom. The lowest BCUT2D eigenvalue weighted by Gasteiger charge is -2.13. The zero-order chi connectivity index (χ0) is 19.3. The maximum atomic E-state index is 14.0. The van der Waals surface area contributed by atoms with Gasteiger partial charge in [-0.05, 0) is 49.8 Å². The van der Waals surface area contributed by atoms with Gasteiger partial charge in [0.25, 0.3) is 0 Å². The predicted octanol–water partition coefficient (Wildman–Crippen LogP) is 4.16. The smallest absolute Gasteiger partial charge is 0.319 e. The van der Waals surface area contributed by atoms with E-state index in [0.29, 0.717) is 5.56 Å². The Morgan fingerprint density at radius 3 is 2.46 bits per heavy atom. The summed E-state index contributed by atoms with van der Waals surface area (Å²) in [6, 6.07) is 7.46. The van der Waals surface area contributed by atoms with E-state index in [1.165, 1.54) is 24.3 Å². The number of nitrogens with one attached hydrogen (secondary N) is 3. The second-order valence-electron chi connectivity index (χ2n) is 5.97. The predicted molar refractivity (Wildman–Crippen MR) is 100 cm³/mol. The molecule has 2 rings (SSSR count). The Bertz CT molecular complexity index is 845. The van der Waals surface area contributed by atoms with Gasteiger partial charge in [-0.15, -0.1) is 0 Å². The lowest BCUT2D eigenvalue weighted by molar-refractivity contribution is 0.250.